The van der Waals surface area contributed by atoms with Gasteiger partial charge < -0.3 is 4.74 Å². The molecule has 0 aliphatic rings. The number of aryl methyl sites for hydroxylation is 1. The molecule has 4 heteroatoms. The first-order chi connectivity index (χ1) is 6.54. The second-order valence-electron chi connectivity index (χ2n) is 2.95. The van der Waals surface area contributed by atoms with Gasteiger partial charge in [0.2, 0.25) is 0 Å². The highest BCUT2D eigenvalue weighted by Gasteiger charge is 2.09. The minimum Gasteiger partial charge on any atom is -0.469 e. The van der Waals surface area contributed by atoms with Crippen LogP contribution in [0.3, 0.4) is 0 Å². The number of methoxy groups -OCH3 is 1. The molecule has 0 saturated carbocycles. The fraction of sp³-hybridized carbons (Fsp3) is 0.300. The van der Waals surface area contributed by atoms with Crippen LogP contribution in [0.2, 0.25) is 5.02 Å². The molecule has 14 heavy (non-hydrogen) atoms. The zero-order valence-corrected chi connectivity index (χ0v) is 8.69. The molecule has 0 N–H and O–H groups in total. The van der Waals surface area contributed by atoms with E-state index in [1.54, 1.807) is 6.92 Å². The van der Waals surface area contributed by atoms with E-state index in [2.05, 4.69) is 4.74 Å². The summed E-state index contributed by atoms with van der Waals surface area (Å²) in [6.07, 6.45) is 0.113. The zero-order chi connectivity index (χ0) is 10.7. The van der Waals surface area contributed by atoms with E-state index in [-0.39, 0.29) is 17.4 Å². The van der Waals surface area contributed by atoms with Gasteiger partial charge in [0.1, 0.15) is 5.82 Å². The maximum absolute atomic E-state index is 12.9. The Balaban J connectivity index is 2.98. The average Bonchev–Trinajstić information content (AvgIpc) is 2.14. The van der Waals surface area contributed by atoms with Gasteiger partial charge in [-0.2, -0.15) is 0 Å². The fourth-order valence-electron chi connectivity index (χ4n) is 1.11. The molecular formula is C10H10ClFO2. The average molecular weight is 217 g/mol. The van der Waals surface area contributed by atoms with Gasteiger partial charge in [-0.15, -0.1) is 0 Å². The van der Waals surface area contributed by atoms with Gasteiger partial charge in [0.25, 0.3) is 0 Å². The van der Waals surface area contributed by atoms with Crippen molar-refractivity contribution in [3.05, 3.63) is 34.1 Å². The van der Waals surface area contributed by atoms with Crippen LogP contribution in [-0.2, 0) is 16.0 Å². The molecule has 0 radical (unpaired) electrons. The number of ether oxygens (including phenoxy) is 1. The number of esters is 1. The van der Waals surface area contributed by atoms with Gasteiger partial charge in [0, 0.05) is 0 Å². The Hall–Kier alpha value is -1.09. The molecule has 0 aliphatic heterocycles. The molecule has 0 fully saturated rings. The summed E-state index contributed by atoms with van der Waals surface area (Å²) >= 11 is 5.59. The molecule has 0 atom stereocenters. The van der Waals surface area contributed by atoms with Gasteiger partial charge in [0.05, 0.1) is 18.6 Å². The molecule has 0 saturated heterocycles. The molecule has 0 spiro atoms. The molecule has 1 aromatic rings. The number of benzene rings is 1. The first-order valence-corrected chi connectivity index (χ1v) is 4.43. The molecular weight excluding hydrogens is 207 g/mol. The highest BCUT2D eigenvalue weighted by atomic mass is 35.5. The minimum atomic E-state index is -0.474. The molecule has 0 aromatic heterocycles. The maximum Gasteiger partial charge on any atom is 0.309 e. The Bertz CT molecular complexity index is 363. The predicted molar refractivity (Wildman–Crippen MR) is 51.9 cm³/mol. The number of hydrogen-bond acceptors (Lipinski definition) is 2. The van der Waals surface area contributed by atoms with Crippen LogP contribution in [0.15, 0.2) is 12.1 Å². The Morgan fingerprint density at radius 3 is 2.79 bits per heavy atom. The number of hydrogen-bond donors (Lipinski definition) is 0. The third-order valence-corrected chi connectivity index (χ3v) is 2.23. The molecule has 76 valence electrons. The van der Waals surface area contributed by atoms with Crippen molar-refractivity contribution in [1.29, 1.82) is 0 Å². The summed E-state index contributed by atoms with van der Waals surface area (Å²) in [7, 11) is 1.31. The Labute approximate surface area is 86.6 Å². The fourth-order valence-corrected chi connectivity index (χ4v) is 1.29. The van der Waals surface area contributed by atoms with Crippen molar-refractivity contribution in [3.8, 4) is 0 Å². The lowest BCUT2D eigenvalue weighted by Gasteiger charge is -2.05. The standard InChI is InChI=1S/C10H10ClFO2/c1-6-3-9(12)8(11)4-7(6)5-10(13)14-2/h3-4H,5H2,1-2H3. The van der Waals surface area contributed by atoms with Crippen LogP contribution < -0.4 is 0 Å². The maximum atomic E-state index is 12.9. The molecule has 0 aliphatic carbocycles. The molecule has 1 rings (SSSR count). The summed E-state index contributed by atoms with van der Waals surface area (Å²) < 4.78 is 17.4. The van der Waals surface area contributed by atoms with E-state index in [4.69, 9.17) is 11.6 Å². The first-order valence-electron chi connectivity index (χ1n) is 4.06. The van der Waals surface area contributed by atoms with Crippen LogP contribution in [0, 0.1) is 12.7 Å². The van der Waals surface area contributed by atoms with Crippen LogP contribution in [0.25, 0.3) is 0 Å². The monoisotopic (exact) mass is 216 g/mol. The Kier molecular flexibility index (Phi) is 3.47. The van der Waals surface area contributed by atoms with Crippen molar-refractivity contribution in [2.45, 2.75) is 13.3 Å². The largest absolute Gasteiger partial charge is 0.469 e. The first kappa shape index (κ1) is 11.0. The number of halogens is 2. The predicted octanol–water partition coefficient (Wildman–Crippen LogP) is 2.50. The van der Waals surface area contributed by atoms with E-state index < -0.39 is 5.82 Å². The summed E-state index contributed by atoms with van der Waals surface area (Å²) in [6, 6.07) is 2.75. The van der Waals surface area contributed by atoms with Crippen LogP contribution in [0.1, 0.15) is 11.1 Å². The summed E-state index contributed by atoms with van der Waals surface area (Å²) in [5, 5.41) is 0.0227. The molecule has 1 aromatic carbocycles. The third kappa shape index (κ3) is 2.45. The molecule has 0 bridgehead atoms. The number of rotatable bonds is 2. The van der Waals surface area contributed by atoms with Crippen molar-refractivity contribution in [1.82, 2.24) is 0 Å². The van der Waals surface area contributed by atoms with Crippen molar-refractivity contribution in [3.63, 3.8) is 0 Å². The van der Waals surface area contributed by atoms with Crippen molar-refractivity contribution in [2.24, 2.45) is 0 Å². The highest BCUT2D eigenvalue weighted by molar-refractivity contribution is 6.30. The molecule has 2 nitrogen and oxygen atoms in total. The van der Waals surface area contributed by atoms with Gasteiger partial charge in [-0.3, -0.25) is 4.79 Å². The normalized spacial score (nSPS) is 10.0. The second-order valence-corrected chi connectivity index (χ2v) is 3.35. The van der Waals surface area contributed by atoms with Crippen molar-refractivity contribution >= 4 is 17.6 Å². The van der Waals surface area contributed by atoms with Crippen LogP contribution in [0.5, 0.6) is 0 Å². The number of carbonyl (C=O) groups is 1. The summed E-state index contributed by atoms with van der Waals surface area (Å²) in [6.45, 7) is 1.72. The van der Waals surface area contributed by atoms with Crippen molar-refractivity contribution in [2.75, 3.05) is 7.11 Å². The second kappa shape index (κ2) is 4.42. The lowest BCUT2D eigenvalue weighted by atomic mass is 10.1. The quantitative estimate of drug-likeness (QED) is 0.710. The van der Waals surface area contributed by atoms with E-state index in [9.17, 15) is 9.18 Å². The molecule has 0 amide bonds. The molecule has 0 heterocycles. The van der Waals surface area contributed by atoms with E-state index in [0.29, 0.717) is 11.1 Å². The van der Waals surface area contributed by atoms with Crippen LogP contribution in [-0.4, -0.2) is 13.1 Å². The Morgan fingerprint density at radius 2 is 2.21 bits per heavy atom. The highest BCUT2D eigenvalue weighted by Crippen LogP contribution is 2.20. The van der Waals surface area contributed by atoms with Gasteiger partial charge in [-0.25, -0.2) is 4.39 Å². The van der Waals surface area contributed by atoms with E-state index in [1.807, 2.05) is 0 Å². The summed E-state index contributed by atoms with van der Waals surface area (Å²) in [4.78, 5) is 11.0. The lowest BCUT2D eigenvalue weighted by molar-refractivity contribution is -0.139. The van der Waals surface area contributed by atoms with Crippen molar-refractivity contribution < 1.29 is 13.9 Å². The van der Waals surface area contributed by atoms with Gasteiger partial charge >= 0.3 is 5.97 Å². The zero-order valence-electron chi connectivity index (χ0n) is 7.93. The van der Waals surface area contributed by atoms with E-state index >= 15 is 0 Å². The van der Waals surface area contributed by atoms with Crippen LogP contribution >= 0.6 is 11.6 Å². The van der Waals surface area contributed by atoms with Gasteiger partial charge in [-0.05, 0) is 30.2 Å². The van der Waals surface area contributed by atoms with E-state index in [1.165, 1.54) is 19.2 Å². The Morgan fingerprint density at radius 1 is 1.57 bits per heavy atom. The van der Waals surface area contributed by atoms with Gasteiger partial charge in [-0.1, -0.05) is 11.6 Å². The van der Waals surface area contributed by atoms with Gasteiger partial charge in [0.15, 0.2) is 0 Å². The SMILES string of the molecule is COC(=O)Cc1cc(Cl)c(F)cc1C. The lowest BCUT2D eigenvalue weighted by Crippen LogP contribution is -2.06. The summed E-state index contributed by atoms with van der Waals surface area (Å²) in [5.74, 6) is -0.839. The minimum absolute atomic E-state index is 0.0227. The van der Waals surface area contributed by atoms with E-state index in [0.717, 1.165) is 0 Å². The smallest absolute Gasteiger partial charge is 0.309 e. The number of carbonyl (C=O) groups excluding carboxylic acids is 1. The van der Waals surface area contributed by atoms with Crippen LogP contribution in [0.4, 0.5) is 4.39 Å². The third-order valence-electron chi connectivity index (χ3n) is 1.94. The molecule has 0 unspecified atom stereocenters. The topological polar surface area (TPSA) is 26.3 Å². The summed E-state index contributed by atoms with van der Waals surface area (Å²) in [5.41, 5.74) is 1.38.